The molecule has 0 aliphatic rings. The first-order valence-corrected chi connectivity index (χ1v) is 7.71. The smallest absolute Gasteiger partial charge is 0.344 e. The van der Waals surface area contributed by atoms with E-state index in [4.69, 9.17) is 14.7 Å². The van der Waals surface area contributed by atoms with Gasteiger partial charge in [0, 0.05) is 5.69 Å². The Morgan fingerprint density at radius 2 is 2.00 bits per heavy atom. The molecular formula is C19H16N2O5. The van der Waals surface area contributed by atoms with Gasteiger partial charge in [0.25, 0.3) is 5.91 Å². The van der Waals surface area contributed by atoms with Crippen LogP contribution in [0.15, 0.2) is 48.5 Å². The summed E-state index contributed by atoms with van der Waals surface area (Å²) in [6.07, 6.45) is -0.440. The van der Waals surface area contributed by atoms with Crippen LogP contribution in [0.5, 0.6) is 5.75 Å². The highest BCUT2D eigenvalue weighted by Gasteiger charge is 2.18. The standard InChI is InChI=1S/C19H16N2O5/c1-13(19(24)21-16-7-4-5-14(9-16)10-20)26-18(23)12-25-17-8-3-2-6-15(17)11-22/h2-9,11,13H,12H2,1H3,(H,21,24)/t13-/m0/s1. The van der Waals surface area contributed by atoms with Crippen LogP contribution in [-0.4, -0.2) is 30.9 Å². The SMILES string of the molecule is C[C@H](OC(=O)COc1ccccc1C=O)C(=O)Nc1cccc(C#N)c1. The monoisotopic (exact) mass is 352 g/mol. The lowest BCUT2D eigenvalue weighted by Crippen LogP contribution is -2.31. The summed E-state index contributed by atoms with van der Waals surface area (Å²) in [4.78, 5) is 34.8. The van der Waals surface area contributed by atoms with E-state index in [9.17, 15) is 14.4 Å². The molecule has 1 N–H and O–H groups in total. The number of aldehydes is 1. The number of para-hydroxylation sites is 1. The van der Waals surface area contributed by atoms with Crippen molar-refractivity contribution in [2.45, 2.75) is 13.0 Å². The second-order valence-electron chi connectivity index (χ2n) is 5.26. The number of carbonyl (C=O) groups is 3. The zero-order valence-electron chi connectivity index (χ0n) is 14.0. The third kappa shape index (κ3) is 5.18. The minimum Gasteiger partial charge on any atom is -0.481 e. The number of benzene rings is 2. The van der Waals surface area contributed by atoms with E-state index in [-0.39, 0.29) is 5.75 Å². The Morgan fingerprint density at radius 1 is 1.23 bits per heavy atom. The van der Waals surface area contributed by atoms with Crippen molar-refractivity contribution in [1.82, 2.24) is 0 Å². The van der Waals surface area contributed by atoms with Crippen LogP contribution in [0.3, 0.4) is 0 Å². The lowest BCUT2D eigenvalue weighted by atomic mass is 10.2. The molecule has 0 radical (unpaired) electrons. The van der Waals surface area contributed by atoms with Gasteiger partial charge in [-0.1, -0.05) is 18.2 Å². The number of nitrogens with one attached hydrogen (secondary N) is 1. The van der Waals surface area contributed by atoms with Crippen LogP contribution in [0.1, 0.15) is 22.8 Å². The Hall–Kier alpha value is -3.66. The number of hydrogen-bond donors (Lipinski definition) is 1. The van der Waals surface area contributed by atoms with Gasteiger partial charge in [-0.2, -0.15) is 5.26 Å². The van der Waals surface area contributed by atoms with Gasteiger partial charge in [0.05, 0.1) is 17.2 Å². The fraction of sp³-hybridized carbons (Fsp3) is 0.158. The topological polar surface area (TPSA) is 105 Å². The van der Waals surface area contributed by atoms with Gasteiger partial charge >= 0.3 is 5.97 Å². The summed E-state index contributed by atoms with van der Waals surface area (Å²) >= 11 is 0. The van der Waals surface area contributed by atoms with E-state index in [1.165, 1.54) is 13.0 Å². The Labute approximate surface area is 150 Å². The summed E-state index contributed by atoms with van der Waals surface area (Å²) in [5.74, 6) is -1.04. The first-order valence-electron chi connectivity index (χ1n) is 7.71. The van der Waals surface area contributed by atoms with Gasteiger partial charge in [-0.15, -0.1) is 0 Å². The summed E-state index contributed by atoms with van der Waals surface area (Å²) in [5.41, 5.74) is 1.13. The lowest BCUT2D eigenvalue weighted by molar-refractivity contribution is -0.155. The number of ether oxygens (including phenoxy) is 2. The molecule has 132 valence electrons. The Kier molecular flexibility index (Phi) is 6.46. The number of nitriles is 1. The number of esters is 1. The van der Waals surface area contributed by atoms with Gasteiger partial charge < -0.3 is 14.8 Å². The molecular weight excluding hydrogens is 336 g/mol. The number of amides is 1. The highest BCUT2D eigenvalue weighted by Crippen LogP contribution is 2.15. The van der Waals surface area contributed by atoms with E-state index in [0.717, 1.165) is 0 Å². The van der Waals surface area contributed by atoms with Crippen LogP contribution in [0.4, 0.5) is 5.69 Å². The highest BCUT2D eigenvalue weighted by molar-refractivity contribution is 5.95. The van der Waals surface area contributed by atoms with E-state index < -0.39 is 24.6 Å². The Bertz CT molecular complexity index is 857. The van der Waals surface area contributed by atoms with Crippen molar-refractivity contribution in [3.63, 3.8) is 0 Å². The van der Waals surface area contributed by atoms with Crippen molar-refractivity contribution in [2.75, 3.05) is 11.9 Å². The first-order chi connectivity index (χ1) is 12.5. The molecule has 0 spiro atoms. The Balaban J connectivity index is 1.86. The number of anilines is 1. The molecule has 1 amide bonds. The lowest BCUT2D eigenvalue weighted by Gasteiger charge is -2.14. The average Bonchev–Trinajstić information content (AvgIpc) is 2.66. The summed E-state index contributed by atoms with van der Waals surface area (Å²) in [6.45, 7) is 0.979. The molecule has 7 nitrogen and oxygen atoms in total. The van der Waals surface area contributed by atoms with Crippen LogP contribution in [-0.2, 0) is 14.3 Å². The minimum absolute atomic E-state index is 0.255. The van der Waals surface area contributed by atoms with E-state index >= 15 is 0 Å². The second-order valence-corrected chi connectivity index (χ2v) is 5.26. The second kappa shape index (κ2) is 8.99. The van der Waals surface area contributed by atoms with Crippen LogP contribution >= 0.6 is 0 Å². The number of nitrogens with zero attached hydrogens (tertiary/aromatic N) is 1. The maximum absolute atomic E-state index is 12.1. The molecule has 2 aromatic carbocycles. The van der Waals surface area contributed by atoms with Crippen LogP contribution in [0.2, 0.25) is 0 Å². The number of rotatable bonds is 7. The third-order valence-corrected chi connectivity index (χ3v) is 3.33. The van der Waals surface area contributed by atoms with Crippen LogP contribution < -0.4 is 10.1 Å². The molecule has 2 rings (SSSR count). The fourth-order valence-electron chi connectivity index (χ4n) is 2.04. The molecule has 0 saturated heterocycles. The first kappa shape index (κ1) is 18.7. The number of carbonyl (C=O) groups excluding carboxylic acids is 3. The van der Waals surface area contributed by atoms with Gasteiger partial charge in [0.15, 0.2) is 19.0 Å². The third-order valence-electron chi connectivity index (χ3n) is 3.33. The zero-order valence-corrected chi connectivity index (χ0v) is 14.0. The number of hydrogen-bond acceptors (Lipinski definition) is 6. The summed E-state index contributed by atoms with van der Waals surface area (Å²) < 4.78 is 10.3. The van der Waals surface area contributed by atoms with E-state index in [1.54, 1.807) is 42.5 Å². The van der Waals surface area contributed by atoms with Crippen molar-refractivity contribution >= 4 is 23.9 Å². The van der Waals surface area contributed by atoms with Crippen molar-refractivity contribution < 1.29 is 23.9 Å². The minimum atomic E-state index is -1.06. The van der Waals surface area contributed by atoms with Crippen molar-refractivity contribution in [2.24, 2.45) is 0 Å². The molecule has 0 saturated carbocycles. The molecule has 0 aromatic heterocycles. The van der Waals surface area contributed by atoms with Gasteiger partial charge in [-0.25, -0.2) is 4.79 Å². The van der Waals surface area contributed by atoms with Gasteiger partial charge in [0.2, 0.25) is 0 Å². The fourth-order valence-corrected chi connectivity index (χ4v) is 2.04. The summed E-state index contributed by atoms with van der Waals surface area (Å²) in [7, 11) is 0. The molecule has 1 atom stereocenters. The largest absolute Gasteiger partial charge is 0.481 e. The molecule has 0 heterocycles. The van der Waals surface area contributed by atoms with Gasteiger partial charge in [-0.3, -0.25) is 9.59 Å². The molecule has 26 heavy (non-hydrogen) atoms. The maximum Gasteiger partial charge on any atom is 0.344 e. The average molecular weight is 352 g/mol. The quantitative estimate of drug-likeness (QED) is 0.605. The summed E-state index contributed by atoms with van der Waals surface area (Å²) in [5, 5.41) is 11.4. The van der Waals surface area contributed by atoms with Gasteiger partial charge in [-0.05, 0) is 37.3 Å². The Morgan fingerprint density at radius 3 is 2.73 bits per heavy atom. The molecule has 0 aliphatic carbocycles. The molecule has 0 bridgehead atoms. The molecule has 0 aliphatic heterocycles. The maximum atomic E-state index is 12.1. The predicted octanol–water partition coefficient (Wildman–Crippen LogP) is 2.32. The van der Waals surface area contributed by atoms with Crippen LogP contribution in [0.25, 0.3) is 0 Å². The normalized spacial score (nSPS) is 10.9. The zero-order chi connectivity index (χ0) is 18.9. The van der Waals surface area contributed by atoms with Crippen molar-refractivity contribution in [3.8, 4) is 11.8 Å². The van der Waals surface area contributed by atoms with Crippen LogP contribution in [0, 0.1) is 11.3 Å². The molecule has 7 heteroatoms. The van der Waals surface area contributed by atoms with E-state index in [1.807, 2.05) is 6.07 Å². The predicted molar refractivity (Wildman–Crippen MR) is 92.7 cm³/mol. The highest BCUT2D eigenvalue weighted by atomic mass is 16.6. The molecule has 2 aromatic rings. The van der Waals surface area contributed by atoms with Gasteiger partial charge in [0.1, 0.15) is 5.75 Å². The molecule has 0 unspecified atom stereocenters. The van der Waals surface area contributed by atoms with E-state index in [0.29, 0.717) is 23.1 Å². The van der Waals surface area contributed by atoms with Crippen molar-refractivity contribution in [3.05, 3.63) is 59.7 Å². The molecule has 0 fully saturated rings. The van der Waals surface area contributed by atoms with Crippen molar-refractivity contribution in [1.29, 1.82) is 5.26 Å². The summed E-state index contributed by atoms with van der Waals surface area (Å²) in [6, 6.07) is 14.8. The van der Waals surface area contributed by atoms with E-state index in [2.05, 4.69) is 5.32 Å².